The van der Waals surface area contributed by atoms with E-state index in [2.05, 4.69) is 49.1 Å². The molecule has 0 amide bonds. The van der Waals surface area contributed by atoms with Crippen LogP contribution in [-0.4, -0.2) is 28.0 Å². The molecule has 6 N–H and O–H groups in total. The van der Waals surface area contributed by atoms with Crippen molar-refractivity contribution < 1.29 is 9.32 Å². The van der Waals surface area contributed by atoms with Crippen molar-refractivity contribution in [3.63, 3.8) is 0 Å². The Morgan fingerprint density at radius 1 is 1.31 bits per heavy atom. The first kappa shape index (κ1) is 27.2. The standard InChI is InChI=1S/C14H19N5O2S3.C3H8.C2H6/c1-7-4-9(23-8(7)2)5-18-12(15)13(17-3)19-10-6-22-14(11(10)20)24(16)21;1-3-2;1-2/h4,6,20H,5,16H2,1-3H3,(H2,15,18)(H,17,19);3H2,1-2H3;1-2H3. The number of thiophene rings is 2. The number of hydrogen-bond acceptors (Lipinski definition) is 6. The molecule has 7 nitrogen and oxygen atoms in total. The summed E-state index contributed by atoms with van der Waals surface area (Å²) >= 11 is 2.77. The van der Waals surface area contributed by atoms with E-state index in [1.807, 2.05) is 13.8 Å². The maximum Gasteiger partial charge on any atom is 0.168 e. The van der Waals surface area contributed by atoms with Gasteiger partial charge in [-0.05, 0) is 25.5 Å². The molecule has 29 heavy (non-hydrogen) atoms. The molecule has 164 valence electrons. The Hall–Kier alpha value is -1.75. The minimum Gasteiger partial charge on any atom is -0.504 e. The Kier molecular flexibility index (Phi) is 13.4. The van der Waals surface area contributed by atoms with Crippen LogP contribution < -0.4 is 16.2 Å². The molecule has 0 aliphatic carbocycles. The van der Waals surface area contributed by atoms with Gasteiger partial charge in [-0.15, -0.1) is 22.7 Å². The maximum atomic E-state index is 11.3. The number of hydrogen-bond donors (Lipinski definition) is 4. The SMILES string of the molecule is CC.CCC.CN=C(Nc1csc(S(N)=O)c1O)C(N)=NCc1cc(C)c(C)s1. The lowest BCUT2D eigenvalue weighted by atomic mass is 10.3. The second kappa shape index (κ2) is 14.3. The fourth-order valence-electron chi connectivity index (χ4n) is 1.89. The Labute approximate surface area is 184 Å². The molecular weight excluding hydrogens is 426 g/mol. The molecule has 2 aromatic heterocycles. The summed E-state index contributed by atoms with van der Waals surface area (Å²) in [6.07, 6.45) is 1.25. The fraction of sp³-hybridized carbons (Fsp3) is 0.474. The number of anilines is 1. The Morgan fingerprint density at radius 3 is 2.31 bits per heavy atom. The Bertz CT molecular complexity index is 822. The van der Waals surface area contributed by atoms with Gasteiger partial charge in [-0.3, -0.25) is 9.98 Å². The van der Waals surface area contributed by atoms with Gasteiger partial charge in [0.1, 0.15) is 11.0 Å². The van der Waals surface area contributed by atoms with Gasteiger partial charge in [0.2, 0.25) is 0 Å². The highest BCUT2D eigenvalue weighted by atomic mass is 32.2. The van der Waals surface area contributed by atoms with Gasteiger partial charge >= 0.3 is 0 Å². The number of amidine groups is 2. The summed E-state index contributed by atoms with van der Waals surface area (Å²) in [5.74, 6) is 0.379. The molecule has 0 aliphatic rings. The molecule has 1 atom stereocenters. The zero-order valence-electron chi connectivity index (χ0n) is 18.2. The number of nitrogens with two attached hydrogens (primary N) is 2. The van der Waals surface area contributed by atoms with Gasteiger partial charge in [-0.2, -0.15) is 0 Å². The topological polar surface area (TPSA) is 126 Å². The summed E-state index contributed by atoms with van der Waals surface area (Å²) in [6.45, 7) is 12.8. The molecule has 2 rings (SSSR count). The molecule has 2 aromatic rings. The fourth-order valence-corrected chi connectivity index (χ4v) is 4.31. The quantitative estimate of drug-likeness (QED) is 0.395. The molecular formula is C19H33N5O2S3. The predicted molar refractivity (Wildman–Crippen MR) is 130 cm³/mol. The second-order valence-electron chi connectivity index (χ2n) is 5.64. The van der Waals surface area contributed by atoms with Crippen LogP contribution in [0, 0.1) is 13.8 Å². The number of aryl methyl sites for hydroxylation is 2. The number of nitrogens with one attached hydrogen (secondary N) is 1. The van der Waals surface area contributed by atoms with Gasteiger partial charge < -0.3 is 16.2 Å². The largest absolute Gasteiger partial charge is 0.504 e. The van der Waals surface area contributed by atoms with Gasteiger partial charge in [0.05, 0.1) is 12.2 Å². The zero-order chi connectivity index (χ0) is 22.6. The molecule has 0 bridgehead atoms. The van der Waals surface area contributed by atoms with E-state index in [1.54, 1.807) is 23.8 Å². The lowest BCUT2D eigenvalue weighted by molar-refractivity contribution is 0.468. The lowest BCUT2D eigenvalue weighted by Crippen LogP contribution is -2.30. The summed E-state index contributed by atoms with van der Waals surface area (Å²) in [6, 6.07) is 2.08. The van der Waals surface area contributed by atoms with Crippen LogP contribution >= 0.6 is 22.7 Å². The monoisotopic (exact) mass is 459 g/mol. The number of aromatic hydroxyl groups is 1. The van der Waals surface area contributed by atoms with E-state index in [4.69, 9.17) is 10.9 Å². The van der Waals surface area contributed by atoms with Crippen molar-refractivity contribution in [3.05, 3.63) is 26.8 Å². The summed E-state index contributed by atoms with van der Waals surface area (Å²) in [5, 5.41) is 19.8. The van der Waals surface area contributed by atoms with E-state index < -0.39 is 11.0 Å². The van der Waals surface area contributed by atoms with Crippen molar-refractivity contribution in [2.45, 2.75) is 58.7 Å². The van der Waals surface area contributed by atoms with Crippen LogP contribution in [0.4, 0.5) is 5.69 Å². The molecule has 0 aliphatic heterocycles. The van der Waals surface area contributed by atoms with Crippen LogP contribution in [0.2, 0.25) is 0 Å². The summed E-state index contributed by atoms with van der Waals surface area (Å²) in [5.41, 5.74) is 7.56. The summed E-state index contributed by atoms with van der Waals surface area (Å²) < 4.78 is 11.5. The van der Waals surface area contributed by atoms with Crippen molar-refractivity contribution in [2.75, 3.05) is 12.4 Å². The molecule has 0 saturated carbocycles. The third-order valence-corrected chi connectivity index (χ3v) is 6.50. The van der Waals surface area contributed by atoms with Crippen LogP contribution in [0.5, 0.6) is 5.75 Å². The van der Waals surface area contributed by atoms with Crippen LogP contribution in [0.15, 0.2) is 25.6 Å². The molecule has 1 unspecified atom stereocenters. The molecule has 10 heteroatoms. The van der Waals surface area contributed by atoms with Crippen molar-refractivity contribution in [1.82, 2.24) is 0 Å². The number of rotatable bonds is 4. The van der Waals surface area contributed by atoms with E-state index in [-0.39, 0.29) is 15.8 Å². The van der Waals surface area contributed by atoms with Gasteiger partial charge in [-0.25, -0.2) is 9.35 Å². The molecule has 0 spiro atoms. The lowest BCUT2D eigenvalue weighted by Gasteiger charge is -2.08. The minimum atomic E-state index is -1.75. The van der Waals surface area contributed by atoms with Crippen molar-refractivity contribution in [1.29, 1.82) is 0 Å². The predicted octanol–water partition coefficient (Wildman–Crippen LogP) is 4.55. The summed E-state index contributed by atoms with van der Waals surface area (Å²) in [4.78, 5) is 10.8. The van der Waals surface area contributed by atoms with Crippen LogP contribution in [0.1, 0.15) is 49.4 Å². The third kappa shape index (κ3) is 8.65. The van der Waals surface area contributed by atoms with Crippen molar-refractivity contribution in [2.24, 2.45) is 20.9 Å². The number of nitrogens with zero attached hydrogens (tertiary/aromatic N) is 2. The minimum absolute atomic E-state index is 0.167. The second-order valence-corrected chi connectivity index (χ2v) is 9.12. The van der Waals surface area contributed by atoms with Crippen LogP contribution in [0.25, 0.3) is 0 Å². The van der Waals surface area contributed by atoms with Gasteiger partial charge in [0.15, 0.2) is 21.6 Å². The van der Waals surface area contributed by atoms with Crippen LogP contribution in [0.3, 0.4) is 0 Å². The highest BCUT2D eigenvalue weighted by Gasteiger charge is 2.16. The number of aliphatic imine (C=N–C) groups is 2. The first-order valence-electron chi connectivity index (χ1n) is 9.31. The third-order valence-electron chi connectivity index (χ3n) is 3.26. The van der Waals surface area contributed by atoms with Crippen molar-refractivity contribution >= 4 is 51.0 Å². The first-order valence-corrected chi connectivity index (χ1v) is 12.2. The Balaban J connectivity index is 0.00000143. The van der Waals surface area contributed by atoms with E-state index in [9.17, 15) is 9.32 Å². The molecule has 0 fully saturated rings. The molecule has 0 radical (unpaired) electrons. The Morgan fingerprint density at radius 2 is 1.90 bits per heavy atom. The highest BCUT2D eigenvalue weighted by Crippen LogP contribution is 2.35. The van der Waals surface area contributed by atoms with E-state index in [0.717, 1.165) is 16.2 Å². The maximum absolute atomic E-state index is 11.3. The molecule has 2 heterocycles. The van der Waals surface area contributed by atoms with Crippen LogP contribution in [-0.2, 0) is 17.5 Å². The average Bonchev–Trinajstić information content (AvgIpc) is 3.21. The average molecular weight is 460 g/mol. The normalized spacial score (nSPS) is 12.4. The van der Waals surface area contributed by atoms with Gasteiger partial charge in [0.25, 0.3) is 0 Å². The zero-order valence-corrected chi connectivity index (χ0v) is 20.6. The molecule has 0 saturated heterocycles. The van der Waals surface area contributed by atoms with Crippen molar-refractivity contribution in [3.8, 4) is 5.75 Å². The van der Waals surface area contributed by atoms with E-state index >= 15 is 0 Å². The van der Waals surface area contributed by atoms with E-state index in [0.29, 0.717) is 18.1 Å². The van der Waals surface area contributed by atoms with Gasteiger partial charge in [0, 0.05) is 22.2 Å². The van der Waals surface area contributed by atoms with E-state index in [1.165, 1.54) is 16.9 Å². The molecule has 0 aromatic carbocycles. The first-order chi connectivity index (χ1) is 13.7. The highest BCUT2D eigenvalue weighted by molar-refractivity contribution is 7.85. The smallest absolute Gasteiger partial charge is 0.168 e. The summed E-state index contributed by atoms with van der Waals surface area (Å²) in [7, 11) is -0.182. The van der Waals surface area contributed by atoms with Gasteiger partial charge in [-0.1, -0.05) is 34.1 Å².